The minimum atomic E-state index is -3.49. The van der Waals surface area contributed by atoms with E-state index in [-0.39, 0.29) is 10.8 Å². The molecule has 0 spiro atoms. The maximum Gasteiger partial charge on any atom is 0.251 e. The standard InChI is InChI=1S/C19H31N3O3S/c1-4-19(20,5-2)14-21-18(23)16-6-8-17(9-7-16)26(24,25)22-12-10-15(3)11-13-22/h6-9,15H,4-5,10-14,20H2,1-3H3,(H,21,23). The van der Waals surface area contributed by atoms with Gasteiger partial charge in [0, 0.05) is 30.7 Å². The Bertz CT molecular complexity index is 704. The lowest BCUT2D eigenvalue weighted by atomic mass is 9.94. The Kier molecular flexibility index (Phi) is 6.82. The highest BCUT2D eigenvalue weighted by atomic mass is 32.2. The van der Waals surface area contributed by atoms with Gasteiger partial charge in [0.15, 0.2) is 0 Å². The second-order valence-corrected chi connectivity index (χ2v) is 9.30. The number of nitrogens with two attached hydrogens (primary N) is 1. The van der Waals surface area contributed by atoms with E-state index in [2.05, 4.69) is 12.2 Å². The van der Waals surface area contributed by atoms with E-state index >= 15 is 0 Å². The van der Waals surface area contributed by atoms with Gasteiger partial charge >= 0.3 is 0 Å². The van der Waals surface area contributed by atoms with Crippen LogP contribution in [0.5, 0.6) is 0 Å². The first-order chi connectivity index (χ1) is 12.2. The Morgan fingerprint density at radius 3 is 2.23 bits per heavy atom. The zero-order valence-electron chi connectivity index (χ0n) is 16.0. The smallest absolute Gasteiger partial charge is 0.251 e. The van der Waals surface area contributed by atoms with Crippen molar-refractivity contribution in [3.05, 3.63) is 29.8 Å². The lowest BCUT2D eigenvalue weighted by molar-refractivity contribution is 0.0942. The third-order valence-corrected chi connectivity index (χ3v) is 7.42. The van der Waals surface area contributed by atoms with Gasteiger partial charge < -0.3 is 11.1 Å². The molecule has 1 fully saturated rings. The topological polar surface area (TPSA) is 92.5 Å². The van der Waals surface area contributed by atoms with Gasteiger partial charge in [-0.15, -0.1) is 0 Å². The molecule has 1 amide bonds. The third-order valence-electron chi connectivity index (χ3n) is 5.51. The molecule has 0 unspecified atom stereocenters. The number of rotatable bonds is 7. The van der Waals surface area contributed by atoms with E-state index in [1.54, 1.807) is 12.1 Å². The van der Waals surface area contributed by atoms with Crippen molar-refractivity contribution >= 4 is 15.9 Å². The van der Waals surface area contributed by atoms with Crippen molar-refractivity contribution < 1.29 is 13.2 Å². The Balaban J connectivity index is 2.04. The SMILES string of the molecule is CCC(N)(CC)CNC(=O)c1ccc(S(=O)(=O)N2CCC(C)CC2)cc1. The number of sulfonamides is 1. The highest BCUT2D eigenvalue weighted by Gasteiger charge is 2.28. The summed E-state index contributed by atoms with van der Waals surface area (Å²) in [6, 6.07) is 6.14. The maximum absolute atomic E-state index is 12.7. The normalized spacial score (nSPS) is 17.2. The van der Waals surface area contributed by atoms with Crippen LogP contribution in [0.2, 0.25) is 0 Å². The first-order valence-electron chi connectivity index (χ1n) is 9.39. The van der Waals surface area contributed by atoms with Crippen molar-refractivity contribution in [3.63, 3.8) is 0 Å². The van der Waals surface area contributed by atoms with E-state index in [1.165, 1.54) is 16.4 Å². The molecule has 0 atom stereocenters. The number of piperidine rings is 1. The van der Waals surface area contributed by atoms with Gasteiger partial charge in [0.2, 0.25) is 10.0 Å². The summed E-state index contributed by atoms with van der Waals surface area (Å²) in [4.78, 5) is 12.5. The van der Waals surface area contributed by atoms with Crippen LogP contribution < -0.4 is 11.1 Å². The summed E-state index contributed by atoms with van der Waals surface area (Å²) in [5.74, 6) is 0.325. The van der Waals surface area contributed by atoms with Crippen LogP contribution in [0.15, 0.2) is 29.2 Å². The predicted octanol–water partition coefficient (Wildman–Crippen LogP) is 2.35. The van der Waals surface area contributed by atoms with Crippen LogP contribution in [0, 0.1) is 5.92 Å². The molecule has 6 nitrogen and oxygen atoms in total. The molecule has 1 aliphatic rings. The quantitative estimate of drug-likeness (QED) is 0.758. The summed E-state index contributed by atoms with van der Waals surface area (Å²) >= 11 is 0. The molecular formula is C19H31N3O3S. The zero-order valence-corrected chi connectivity index (χ0v) is 16.8. The Morgan fingerprint density at radius 2 is 1.73 bits per heavy atom. The molecule has 1 saturated heterocycles. The van der Waals surface area contributed by atoms with Gasteiger partial charge in [-0.1, -0.05) is 20.8 Å². The lowest BCUT2D eigenvalue weighted by Crippen LogP contribution is -2.49. The van der Waals surface area contributed by atoms with Gasteiger partial charge in [0.05, 0.1) is 4.90 Å². The minimum absolute atomic E-state index is 0.235. The molecular weight excluding hydrogens is 350 g/mol. The number of nitrogens with zero attached hydrogens (tertiary/aromatic N) is 1. The van der Waals surface area contributed by atoms with Crippen molar-refractivity contribution in [2.75, 3.05) is 19.6 Å². The van der Waals surface area contributed by atoms with E-state index in [1.807, 2.05) is 13.8 Å². The van der Waals surface area contributed by atoms with E-state index < -0.39 is 15.6 Å². The average molecular weight is 382 g/mol. The third kappa shape index (κ3) is 4.84. The van der Waals surface area contributed by atoms with Crippen molar-refractivity contribution in [3.8, 4) is 0 Å². The van der Waals surface area contributed by atoms with Gasteiger partial charge in [-0.2, -0.15) is 4.31 Å². The fourth-order valence-corrected chi connectivity index (χ4v) is 4.48. The number of hydrogen-bond donors (Lipinski definition) is 2. The van der Waals surface area contributed by atoms with Crippen molar-refractivity contribution in [1.82, 2.24) is 9.62 Å². The van der Waals surface area contributed by atoms with E-state index in [0.717, 1.165) is 25.7 Å². The summed E-state index contributed by atoms with van der Waals surface area (Å²) in [5, 5.41) is 2.84. The van der Waals surface area contributed by atoms with Crippen LogP contribution in [-0.2, 0) is 10.0 Å². The number of hydrogen-bond acceptors (Lipinski definition) is 4. The Hall–Kier alpha value is -1.44. The summed E-state index contributed by atoms with van der Waals surface area (Å²) in [5.41, 5.74) is 6.22. The maximum atomic E-state index is 12.7. The van der Waals surface area contributed by atoms with Gasteiger partial charge in [-0.3, -0.25) is 4.79 Å². The summed E-state index contributed by atoms with van der Waals surface area (Å²) in [6.07, 6.45) is 3.32. The molecule has 1 aliphatic heterocycles. The Morgan fingerprint density at radius 1 is 1.19 bits per heavy atom. The van der Waals surface area contributed by atoms with Crippen molar-refractivity contribution in [1.29, 1.82) is 0 Å². The monoisotopic (exact) mass is 381 g/mol. The van der Waals surface area contributed by atoms with Gasteiger partial charge in [0.1, 0.15) is 0 Å². The van der Waals surface area contributed by atoms with Gasteiger partial charge in [0.25, 0.3) is 5.91 Å². The minimum Gasteiger partial charge on any atom is -0.350 e. The van der Waals surface area contributed by atoms with E-state index in [4.69, 9.17) is 5.73 Å². The van der Waals surface area contributed by atoms with E-state index in [0.29, 0.717) is 31.1 Å². The fourth-order valence-electron chi connectivity index (χ4n) is 3.01. The van der Waals surface area contributed by atoms with Crippen LogP contribution in [0.3, 0.4) is 0 Å². The number of carbonyl (C=O) groups excluding carboxylic acids is 1. The number of nitrogens with one attached hydrogen (secondary N) is 1. The molecule has 0 aliphatic carbocycles. The second kappa shape index (κ2) is 8.50. The summed E-state index contributed by atoms with van der Waals surface area (Å²) in [7, 11) is -3.49. The molecule has 26 heavy (non-hydrogen) atoms. The molecule has 0 saturated carbocycles. The van der Waals surface area contributed by atoms with Gasteiger partial charge in [-0.25, -0.2) is 8.42 Å². The number of carbonyl (C=O) groups is 1. The van der Waals surface area contributed by atoms with Gasteiger partial charge in [-0.05, 0) is 55.9 Å². The molecule has 1 aromatic rings. The molecule has 7 heteroatoms. The lowest BCUT2D eigenvalue weighted by Gasteiger charge is -2.29. The number of amides is 1. The highest BCUT2D eigenvalue weighted by molar-refractivity contribution is 7.89. The number of benzene rings is 1. The first-order valence-corrected chi connectivity index (χ1v) is 10.8. The Labute approximate surface area is 157 Å². The predicted molar refractivity (Wildman–Crippen MR) is 103 cm³/mol. The first kappa shape index (κ1) is 20.9. The van der Waals surface area contributed by atoms with Crippen LogP contribution >= 0.6 is 0 Å². The zero-order chi connectivity index (χ0) is 19.4. The molecule has 146 valence electrons. The molecule has 0 bridgehead atoms. The molecule has 0 radical (unpaired) electrons. The fraction of sp³-hybridized carbons (Fsp3) is 0.632. The second-order valence-electron chi connectivity index (χ2n) is 7.36. The molecule has 1 heterocycles. The largest absolute Gasteiger partial charge is 0.350 e. The molecule has 1 aromatic carbocycles. The van der Waals surface area contributed by atoms with Crippen molar-refractivity contribution in [2.24, 2.45) is 11.7 Å². The molecule has 2 rings (SSSR count). The van der Waals surface area contributed by atoms with Crippen LogP contribution in [-0.4, -0.2) is 43.8 Å². The van der Waals surface area contributed by atoms with Crippen molar-refractivity contribution in [2.45, 2.75) is 56.9 Å². The van der Waals surface area contributed by atoms with E-state index in [9.17, 15) is 13.2 Å². The summed E-state index contributed by atoms with van der Waals surface area (Å²) < 4.78 is 27.0. The van der Waals surface area contributed by atoms with Crippen LogP contribution in [0.1, 0.15) is 56.8 Å². The molecule has 0 aromatic heterocycles. The average Bonchev–Trinajstić information content (AvgIpc) is 2.66. The summed E-state index contributed by atoms with van der Waals surface area (Å²) in [6.45, 7) is 7.64. The molecule has 3 N–H and O–H groups in total. The van der Waals surface area contributed by atoms with Crippen LogP contribution in [0.4, 0.5) is 0 Å². The highest BCUT2D eigenvalue weighted by Crippen LogP contribution is 2.23. The van der Waals surface area contributed by atoms with Crippen LogP contribution in [0.25, 0.3) is 0 Å².